The molecule has 0 amide bonds. The van der Waals surface area contributed by atoms with Gasteiger partial charge in [-0.25, -0.2) is 9.97 Å². The van der Waals surface area contributed by atoms with Crippen LogP contribution in [0.2, 0.25) is 0 Å². The highest BCUT2D eigenvalue weighted by molar-refractivity contribution is 5.66. The Bertz CT molecular complexity index is 1100. The van der Waals surface area contributed by atoms with Gasteiger partial charge in [0.2, 0.25) is 5.95 Å². The number of nitrogens with one attached hydrogen (secondary N) is 1. The van der Waals surface area contributed by atoms with Gasteiger partial charge in [-0.05, 0) is 55.5 Å². The van der Waals surface area contributed by atoms with Crippen molar-refractivity contribution >= 4 is 23.0 Å². The van der Waals surface area contributed by atoms with E-state index in [2.05, 4.69) is 100.0 Å². The number of benzene rings is 2. The molecule has 1 fully saturated rings. The van der Waals surface area contributed by atoms with Crippen molar-refractivity contribution in [2.24, 2.45) is 0 Å². The molecule has 5 rings (SSSR count). The van der Waals surface area contributed by atoms with Gasteiger partial charge < -0.3 is 19.9 Å². The van der Waals surface area contributed by atoms with E-state index in [0.29, 0.717) is 12.0 Å². The molecular weight excluding hydrogens is 398 g/mol. The minimum atomic E-state index is 0.343. The summed E-state index contributed by atoms with van der Waals surface area (Å²) in [4.78, 5) is 13.7. The lowest BCUT2D eigenvalue weighted by Gasteiger charge is -2.28. The van der Waals surface area contributed by atoms with E-state index in [1.54, 1.807) is 6.20 Å². The number of allylic oxidation sites excluding steroid dienone is 2. The van der Waals surface area contributed by atoms with Crippen LogP contribution in [0.25, 0.3) is 11.3 Å². The summed E-state index contributed by atoms with van der Waals surface area (Å²) in [6.07, 6.45) is 10.2. The lowest BCUT2D eigenvalue weighted by Crippen LogP contribution is -2.36. The molecule has 1 unspecified atom stereocenters. The van der Waals surface area contributed by atoms with Crippen LogP contribution in [-0.4, -0.2) is 42.3 Å². The highest BCUT2D eigenvalue weighted by Crippen LogP contribution is 2.26. The van der Waals surface area contributed by atoms with Gasteiger partial charge in [0.25, 0.3) is 0 Å². The third-order valence-corrected chi connectivity index (χ3v) is 5.80. The highest BCUT2D eigenvalue weighted by atomic mass is 16.5. The Kier molecular flexibility index (Phi) is 5.85. The molecule has 1 saturated heterocycles. The zero-order valence-electron chi connectivity index (χ0n) is 18.2. The quantitative estimate of drug-likeness (QED) is 0.621. The largest absolute Gasteiger partial charge is 0.378 e. The molecule has 6 heteroatoms. The highest BCUT2D eigenvalue weighted by Gasteiger charge is 2.13. The van der Waals surface area contributed by atoms with E-state index in [-0.39, 0.29) is 0 Å². The molecule has 0 saturated carbocycles. The third kappa shape index (κ3) is 4.50. The first-order valence-electron chi connectivity index (χ1n) is 11.0. The lowest BCUT2D eigenvalue weighted by atomic mass is 10.1. The minimum Gasteiger partial charge on any atom is -0.378 e. The summed E-state index contributed by atoms with van der Waals surface area (Å²) in [5, 5.41) is 3.32. The van der Waals surface area contributed by atoms with Crippen molar-refractivity contribution in [1.82, 2.24) is 9.97 Å². The van der Waals surface area contributed by atoms with E-state index in [1.807, 2.05) is 6.07 Å². The van der Waals surface area contributed by atoms with Crippen LogP contribution in [0.5, 0.6) is 0 Å². The minimum absolute atomic E-state index is 0.343. The summed E-state index contributed by atoms with van der Waals surface area (Å²) in [5.74, 6) is 0.587. The number of rotatable bonds is 5. The van der Waals surface area contributed by atoms with Crippen molar-refractivity contribution in [2.75, 3.05) is 41.4 Å². The van der Waals surface area contributed by atoms with Crippen LogP contribution in [0, 0.1) is 0 Å². The standard InChI is InChI=1S/C26H27N5O/c1-20-4-2-3-15-31(20)24-9-5-21(6-10-24)25-13-14-27-26(29-25)28-22-7-11-23(12-8-22)30-16-18-32-19-17-30/h2-15,20H,16-19H2,1H3,(H,27,28,29). The normalized spacial score (nSPS) is 18.1. The molecule has 0 radical (unpaired) electrons. The number of hydrogen-bond acceptors (Lipinski definition) is 6. The van der Waals surface area contributed by atoms with Crippen molar-refractivity contribution in [1.29, 1.82) is 0 Å². The molecule has 0 spiro atoms. The number of nitrogens with zero attached hydrogens (tertiary/aromatic N) is 4. The van der Waals surface area contributed by atoms with E-state index in [4.69, 9.17) is 9.72 Å². The van der Waals surface area contributed by atoms with Gasteiger partial charge in [0.05, 0.1) is 18.9 Å². The number of anilines is 4. The van der Waals surface area contributed by atoms with Gasteiger partial charge in [-0.15, -0.1) is 0 Å². The van der Waals surface area contributed by atoms with E-state index in [9.17, 15) is 0 Å². The van der Waals surface area contributed by atoms with Crippen molar-refractivity contribution in [2.45, 2.75) is 13.0 Å². The number of morpholine rings is 1. The van der Waals surface area contributed by atoms with Crippen LogP contribution in [0.3, 0.4) is 0 Å². The van der Waals surface area contributed by atoms with E-state index in [0.717, 1.165) is 48.9 Å². The molecule has 2 aliphatic heterocycles. The lowest BCUT2D eigenvalue weighted by molar-refractivity contribution is 0.122. The van der Waals surface area contributed by atoms with Gasteiger partial charge in [-0.2, -0.15) is 0 Å². The van der Waals surface area contributed by atoms with E-state index in [1.165, 1.54) is 5.69 Å². The van der Waals surface area contributed by atoms with Gasteiger partial charge in [-0.1, -0.05) is 24.3 Å². The summed E-state index contributed by atoms with van der Waals surface area (Å²) >= 11 is 0. The first kappa shape index (κ1) is 20.3. The molecule has 0 aliphatic carbocycles. The van der Waals surface area contributed by atoms with Crippen LogP contribution >= 0.6 is 0 Å². The molecule has 1 aromatic heterocycles. The van der Waals surface area contributed by atoms with Gasteiger partial charge >= 0.3 is 0 Å². The summed E-state index contributed by atoms with van der Waals surface area (Å²) in [6, 6.07) is 19.2. The van der Waals surface area contributed by atoms with Gasteiger partial charge in [-0.3, -0.25) is 0 Å². The Balaban J connectivity index is 1.28. The summed E-state index contributed by atoms with van der Waals surface area (Å²) in [6.45, 7) is 5.61. The molecule has 3 heterocycles. The first-order chi connectivity index (χ1) is 15.8. The molecule has 162 valence electrons. The summed E-state index contributed by atoms with van der Waals surface area (Å²) in [5.41, 5.74) is 5.29. The van der Waals surface area contributed by atoms with Crippen molar-refractivity contribution in [3.8, 4) is 11.3 Å². The zero-order chi connectivity index (χ0) is 21.8. The van der Waals surface area contributed by atoms with Crippen LogP contribution in [0.15, 0.2) is 85.2 Å². The monoisotopic (exact) mass is 425 g/mol. The summed E-state index contributed by atoms with van der Waals surface area (Å²) in [7, 11) is 0. The molecule has 32 heavy (non-hydrogen) atoms. The average Bonchev–Trinajstić information content (AvgIpc) is 2.86. The Labute approximate surface area is 188 Å². The number of hydrogen-bond donors (Lipinski definition) is 1. The molecular formula is C26H27N5O. The fourth-order valence-corrected chi connectivity index (χ4v) is 4.01. The maximum Gasteiger partial charge on any atom is 0.227 e. The molecule has 3 aromatic rings. The SMILES string of the molecule is CC1C=CC=CN1c1ccc(-c2ccnc(Nc3ccc(N4CCOCC4)cc3)n2)cc1. The number of ether oxygens (including phenoxy) is 1. The Hall–Kier alpha value is -3.64. The summed E-state index contributed by atoms with van der Waals surface area (Å²) < 4.78 is 5.44. The molecule has 2 aliphatic rings. The Morgan fingerprint density at radius 3 is 2.41 bits per heavy atom. The van der Waals surface area contributed by atoms with Gasteiger partial charge in [0.1, 0.15) is 0 Å². The van der Waals surface area contributed by atoms with E-state index < -0.39 is 0 Å². The van der Waals surface area contributed by atoms with Crippen molar-refractivity contribution in [3.63, 3.8) is 0 Å². The van der Waals surface area contributed by atoms with Gasteiger partial charge in [0.15, 0.2) is 0 Å². The predicted octanol–water partition coefficient (Wildman–Crippen LogP) is 5.00. The topological polar surface area (TPSA) is 53.5 Å². The number of aromatic nitrogens is 2. The van der Waals surface area contributed by atoms with Crippen LogP contribution in [-0.2, 0) is 4.74 Å². The van der Waals surface area contributed by atoms with E-state index >= 15 is 0 Å². The van der Waals surface area contributed by atoms with Crippen molar-refractivity contribution < 1.29 is 4.74 Å². The van der Waals surface area contributed by atoms with Crippen LogP contribution in [0.1, 0.15) is 6.92 Å². The maximum absolute atomic E-state index is 5.44. The molecule has 0 bridgehead atoms. The molecule has 2 aromatic carbocycles. The zero-order valence-corrected chi connectivity index (χ0v) is 18.2. The fraction of sp³-hybridized carbons (Fsp3) is 0.231. The molecule has 6 nitrogen and oxygen atoms in total. The fourth-order valence-electron chi connectivity index (χ4n) is 4.01. The van der Waals surface area contributed by atoms with Crippen LogP contribution < -0.4 is 15.1 Å². The average molecular weight is 426 g/mol. The second-order valence-electron chi connectivity index (χ2n) is 7.96. The molecule has 1 atom stereocenters. The Morgan fingerprint density at radius 2 is 1.66 bits per heavy atom. The van der Waals surface area contributed by atoms with Crippen LogP contribution in [0.4, 0.5) is 23.0 Å². The van der Waals surface area contributed by atoms with Gasteiger partial charge in [0, 0.05) is 54.2 Å². The second kappa shape index (κ2) is 9.24. The van der Waals surface area contributed by atoms with Crippen molar-refractivity contribution in [3.05, 3.63) is 85.2 Å². The first-order valence-corrected chi connectivity index (χ1v) is 11.0. The second-order valence-corrected chi connectivity index (χ2v) is 7.96. The molecule has 1 N–H and O–H groups in total. The third-order valence-electron chi connectivity index (χ3n) is 5.80. The maximum atomic E-state index is 5.44. The Morgan fingerprint density at radius 1 is 0.906 bits per heavy atom. The smallest absolute Gasteiger partial charge is 0.227 e. The predicted molar refractivity (Wildman–Crippen MR) is 130 cm³/mol.